The predicted molar refractivity (Wildman–Crippen MR) is 44.2 cm³/mol. The Morgan fingerprint density at radius 1 is 1.42 bits per heavy atom. The fraction of sp³-hybridized carbons (Fsp3) is 1.00. The molecule has 0 spiro atoms. The van der Waals surface area contributed by atoms with E-state index < -0.39 is 11.2 Å². The molecule has 0 rings (SSSR count). The lowest BCUT2D eigenvalue weighted by molar-refractivity contribution is -0.253. The molecule has 1 nitrogen and oxygen atoms in total. The van der Waals surface area contributed by atoms with E-state index in [1.165, 1.54) is 0 Å². The van der Waals surface area contributed by atoms with Crippen LogP contribution in [0.3, 0.4) is 0 Å². The minimum absolute atomic E-state index is 0.104. The fourth-order valence-electron chi connectivity index (χ4n) is 0.623. The molecule has 0 saturated heterocycles. The molecule has 0 fully saturated rings. The van der Waals surface area contributed by atoms with Gasteiger partial charge in [-0.1, -0.05) is 19.8 Å². The van der Waals surface area contributed by atoms with E-state index in [-0.39, 0.29) is 6.61 Å². The van der Waals surface area contributed by atoms with Gasteiger partial charge in [0.05, 0.1) is 6.61 Å². The molecule has 1 unspecified atom stereocenters. The van der Waals surface area contributed by atoms with E-state index in [9.17, 15) is 13.2 Å². The maximum Gasteiger partial charge on any atom is 0.396 e. The average Bonchev–Trinajstić information content (AvgIpc) is 1.98. The summed E-state index contributed by atoms with van der Waals surface area (Å²) in [5.41, 5.74) is 0. The van der Waals surface area contributed by atoms with Crippen molar-refractivity contribution in [3.63, 3.8) is 0 Å². The summed E-state index contributed by atoms with van der Waals surface area (Å²) in [5, 5.41) is -2.42. The van der Waals surface area contributed by atoms with Crippen molar-refractivity contribution in [3.05, 3.63) is 0 Å². The van der Waals surface area contributed by atoms with E-state index in [1.807, 2.05) is 6.92 Å². The number of rotatable bonds is 6. The Morgan fingerprint density at radius 2 is 2.00 bits per heavy atom. The van der Waals surface area contributed by atoms with Crippen molar-refractivity contribution < 1.29 is 17.9 Å². The molecule has 5 heteroatoms. The molecule has 0 aromatic carbocycles. The van der Waals surface area contributed by atoms with E-state index in [2.05, 4.69) is 20.7 Å². The molecule has 0 aliphatic heterocycles. The minimum atomic E-state index is -3.70. The van der Waals surface area contributed by atoms with Gasteiger partial charge in [-0.05, 0) is 22.4 Å². The number of unbranched alkanes of at least 4 members (excludes halogenated alkanes) is 2. The van der Waals surface area contributed by atoms with E-state index in [0.717, 1.165) is 12.8 Å². The SMILES string of the molecule is CCCCCOC(F)(F)C(F)Br. The molecule has 74 valence electrons. The Hall–Kier alpha value is 0.230. The summed E-state index contributed by atoms with van der Waals surface area (Å²) >= 11 is 2.12. The first kappa shape index (κ1) is 12.2. The molecule has 0 bridgehead atoms. The van der Waals surface area contributed by atoms with Crippen molar-refractivity contribution >= 4 is 15.9 Å². The molecule has 0 N–H and O–H groups in total. The van der Waals surface area contributed by atoms with Crippen molar-refractivity contribution in [2.24, 2.45) is 0 Å². The van der Waals surface area contributed by atoms with Crippen LogP contribution in [0.5, 0.6) is 0 Å². The zero-order valence-corrected chi connectivity index (χ0v) is 8.41. The molecule has 0 aliphatic carbocycles. The summed E-state index contributed by atoms with van der Waals surface area (Å²) in [6.07, 6.45) is -1.43. The van der Waals surface area contributed by atoms with Crippen molar-refractivity contribution in [2.45, 2.75) is 37.4 Å². The maximum absolute atomic E-state index is 12.3. The molecule has 0 amide bonds. The van der Waals surface area contributed by atoms with E-state index in [1.54, 1.807) is 0 Å². The van der Waals surface area contributed by atoms with Gasteiger partial charge in [0.25, 0.3) is 0 Å². The van der Waals surface area contributed by atoms with Gasteiger partial charge in [0.1, 0.15) is 0 Å². The van der Waals surface area contributed by atoms with Gasteiger partial charge in [0.2, 0.25) is 5.08 Å². The Morgan fingerprint density at radius 3 is 2.42 bits per heavy atom. The number of ether oxygens (including phenoxy) is 1. The normalized spacial score (nSPS) is 14.8. The largest absolute Gasteiger partial charge is 0.396 e. The summed E-state index contributed by atoms with van der Waals surface area (Å²) < 4.78 is 40.7. The van der Waals surface area contributed by atoms with Gasteiger partial charge >= 0.3 is 6.11 Å². The summed E-state index contributed by atoms with van der Waals surface area (Å²) in [5.74, 6) is 0. The topological polar surface area (TPSA) is 9.23 Å². The van der Waals surface area contributed by atoms with Crippen LogP contribution in [-0.2, 0) is 4.74 Å². The van der Waals surface area contributed by atoms with Crippen molar-refractivity contribution in [3.8, 4) is 0 Å². The first-order valence-electron chi connectivity index (χ1n) is 3.80. The first-order chi connectivity index (χ1) is 5.50. The molecule has 12 heavy (non-hydrogen) atoms. The summed E-state index contributed by atoms with van der Waals surface area (Å²) in [4.78, 5) is 0. The van der Waals surface area contributed by atoms with Crippen LogP contribution in [0.2, 0.25) is 0 Å². The van der Waals surface area contributed by atoms with E-state index >= 15 is 0 Å². The summed E-state index contributed by atoms with van der Waals surface area (Å²) in [7, 11) is 0. The van der Waals surface area contributed by atoms with Crippen LogP contribution in [0.15, 0.2) is 0 Å². The summed E-state index contributed by atoms with van der Waals surface area (Å²) in [6.45, 7) is 1.84. The van der Waals surface area contributed by atoms with Gasteiger partial charge in [-0.25, -0.2) is 4.39 Å². The third kappa shape index (κ3) is 4.98. The first-order valence-corrected chi connectivity index (χ1v) is 4.72. The Kier molecular flexibility index (Phi) is 5.92. The molecule has 1 atom stereocenters. The van der Waals surface area contributed by atoms with Crippen molar-refractivity contribution in [2.75, 3.05) is 6.61 Å². The number of alkyl halides is 4. The lowest BCUT2D eigenvalue weighted by atomic mass is 10.3. The highest BCUT2D eigenvalue weighted by atomic mass is 79.9. The van der Waals surface area contributed by atoms with Crippen LogP contribution in [0.4, 0.5) is 13.2 Å². The lowest BCUT2D eigenvalue weighted by Crippen LogP contribution is -2.29. The van der Waals surface area contributed by atoms with Gasteiger partial charge in [-0.15, -0.1) is 0 Å². The van der Waals surface area contributed by atoms with Gasteiger partial charge < -0.3 is 4.74 Å². The number of halogens is 4. The number of hydrogen-bond acceptors (Lipinski definition) is 1. The van der Waals surface area contributed by atoms with Crippen molar-refractivity contribution in [1.29, 1.82) is 0 Å². The standard InChI is InChI=1S/C7H12BrF3O/c1-2-3-4-5-12-7(10,11)6(8)9/h6H,2-5H2,1H3. The molecule has 0 aromatic heterocycles. The quantitative estimate of drug-likeness (QED) is 0.517. The molecule has 0 aliphatic rings. The molecule has 0 aromatic rings. The third-order valence-electron chi connectivity index (χ3n) is 1.30. The third-order valence-corrected chi connectivity index (χ3v) is 1.83. The zero-order valence-electron chi connectivity index (χ0n) is 6.83. The molecular formula is C7H12BrF3O. The fourth-order valence-corrected chi connectivity index (χ4v) is 0.755. The van der Waals surface area contributed by atoms with Gasteiger partial charge in [-0.3, -0.25) is 0 Å². The second-order valence-corrected chi connectivity index (χ2v) is 3.22. The highest BCUT2D eigenvalue weighted by Crippen LogP contribution is 2.27. The molecule has 0 radical (unpaired) electrons. The van der Waals surface area contributed by atoms with Crippen LogP contribution in [0.1, 0.15) is 26.2 Å². The summed E-state index contributed by atoms with van der Waals surface area (Å²) in [6, 6.07) is 0. The highest BCUT2D eigenvalue weighted by molar-refractivity contribution is 9.09. The molecule has 0 heterocycles. The van der Waals surface area contributed by atoms with E-state index in [0.29, 0.717) is 6.42 Å². The molecule has 0 saturated carbocycles. The van der Waals surface area contributed by atoms with Gasteiger partial charge in [0, 0.05) is 0 Å². The average molecular weight is 249 g/mol. The minimum Gasteiger partial charge on any atom is -0.317 e. The van der Waals surface area contributed by atoms with Crippen molar-refractivity contribution in [1.82, 2.24) is 0 Å². The van der Waals surface area contributed by atoms with Crippen LogP contribution >= 0.6 is 15.9 Å². The predicted octanol–water partition coefficient (Wildman–Crippen LogP) is 3.48. The van der Waals surface area contributed by atoms with Crippen LogP contribution < -0.4 is 0 Å². The molecular weight excluding hydrogens is 237 g/mol. The Bertz CT molecular complexity index is 119. The van der Waals surface area contributed by atoms with Crippen LogP contribution in [0, 0.1) is 0 Å². The van der Waals surface area contributed by atoms with E-state index in [4.69, 9.17) is 0 Å². The number of hydrogen-bond donors (Lipinski definition) is 0. The Balaban J connectivity index is 3.47. The monoisotopic (exact) mass is 248 g/mol. The van der Waals surface area contributed by atoms with Crippen LogP contribution in [0.25, 0.3) is 0 Å². The van der Waals surface area contributed by atoms with Gasteiger partial charge in [0.15, 0.2) is 0 Å². The second-order valence-electron chi connectivity index (χ2n) is 2.42. The van der Waals surface area contributed by atoms with Gasteiger partial charge in [-0.2, -0.15) is 8.78 Å². The maximum atomic E-state index is 12.3. The highest BCUT2D eigenvalue weighted by Gasteiger charge is 2.39. The Labute approximate surface area is 78.4 Å². The lowest BCUT2D eigenvalue weighted by Gasteiger charge is -2.16. The smallest absolute Gasteiger partial charge is 0.317 e. The second kappa shape index (κ2) is 5.80. The zero-order chi connectivity index (χ0) is 9.61. The van der Waals surface area contributed by atoms with Crippen LogP contribution in [-0.4, -0.2) is 17.8 Å².